The van der Waals surface area contributed by atoms with E-state index in [0.717, 1.165) is 31.4 Å². The number of hydrogen-bond donors (Lipinski definition) is 1. The van der Waals surface area contributed by atoms with Gasteiger partial charge in [-0.3, -0.25) is 0 Å². The van der Waals surface area contributed by atoms with Crippen LogP contribution in [0.2, 0.25) is 0 Å². The van der Waals surface area contributed by atoms with Crippen molar-refractivity contribution in [1.29, 1.82) is 0 Å². The topological polar surface area (TPSA) is 63.1 Å². The average Bonchev–Trinajstić information content (AvgIpc) is 2.41. The number of carboxylic acid groups (broad SMARTS) is 1. The van der Waals surface area contributed by atoms with Gasteiger partial charge < -0.3 is 5.11 Å². The van der Waals surface area contributed by atoms with Crippen LogP contribution >= 0.6 is 11.8 Å². The van der Waals surface area contributed by atoms with Crippen molar-refractivity contribution in [2.75, 3.05) is 5.75 Å². The molecule has 0 amide bonds. The van der Waals surface area contributed by atoms with Crippen molar-refractivity contribution in [2.24, 2.45) is 0 Å². The second-order valence-corrected chi connectivity index (χ2v) is 5.63. The zero-order chi connectivity index (χ0) is 15.0. The Balaban J connectivity index is 2.69. The summed E-state index contributed by atoms with van der Waals surface area (Å²) in [6.45, 7) is 7.40. The first-order chi connectivity index (χ1) is 9.60. The number of allylic oxidation sites excluding steroid dienone is 1. The number of thioether (sulfide) groups is 1. The molecule has 0 radical (unpaired) electrons. The van der Waals surface area contributed by atoms with Crippen LogP contribution in [0.1, 0.15) is 54.5 Å². The molecule has 0 aliphatic rings. The maximum atomic E-state index is 11.3. The summed E-state index contributed by atoms with van der Waals surface area (Å²) in [6, 6.07) is 0. The molecule has 1 heterocycles. The van der Waals surface area contributed by atoms with E-state index in [0.29, 0.717) is 23.0 Å². The number of rotatable bonds is 9. The first kappa shape index (κ1) is 16.7. The molecule has 0 fully saturated rings. The number of nitrogens with zero attached hydrogens (tertiary/aromatic N) is 2. The van der Waals surface area contributed by atoms with Gasteiger partial charge in [-0.15, -0.1) is 18.3 Å². The van der Waals surface area contributed by atoms with E-state index in [1.807, 2.05) is 13.0 Å². The van der Waals surface area contributed by atoms with Crippen LogP contribution in [0, 0.1) is 6.92 Å². The molecule has 0 atom stereocenters. The van der Waals surface area contributed by atoms with Crippen LogP contribution in [-0.4, -0.2) is 26.8 Å². The molecule has 1 aromatic heterocycles. The Kier molecular flexibility index (Phi) is 7.30. The third kappa shape index (κ3) is 4.96. The lowest BCUT2D eigenvalue weighted by atomic mass is 10.2. The average molecular weight is 294 g/mol. The van der Waals surface area contributed by atoms with Gasteiger partial charge in [0.1, 0.15) is 16.4 Å². The van der Waals surface area contributed by atoms with E-state index in [1.54, 1.807) is 6.92 Å². The standard InChI is InChI=1S/C15H22N2O2S/c1-4-6-7-8-9-10-20-14-13(15(18)19)11(3)16-12(5-2)17-14/h4H,1,5-10H2,2-3H3,(H,18,19). The molecule has 4 nitrogen and oxygen atoms in total. The van der Waals surface area contributed by atoms with Crippen molar-refractivity contribution in [1.82, 2.24) is 9.97 Å². The Bertz CT molecular complexity index is 475. The minimum absolute atomic E-state index is 0.248. The molecule has 1 N–H and O–H groups in total. The van der Waals surface area contributed by atoms with Crippen LogP contribution in [0.15, 0.2) is 17.7 Å². The van der Waals surface area contributed by atoms with Gasteiger partial charge in [-0.2, -0.15) is 0 Å². The summed E-state index contributed by atoms with van der Waals surface area (Å²) in [6.07, 6.45) is 7.01. The first-order valence-electron chi connectivity index (χ1n) is 6.94. The van der Waals surface area contributed by atoms with Crippen molar-refractivity contribution in [2.45, 2.75) is 51.0 Å². The van der Waals surface area contributed by atoms with Crippen LogP contribution in [0.5, 0.6) is 0 Å². The molecule has 110 valence electrons. The summed E-state index contributed by atoms with van der Waals surface area (Å²) in [5.41, 5.74) is 0.803. The molecule has 0 aliphatic carbocycles. The number of aromatic carboxylic acids is 1. The molecule has 20 heavy (non-hydrogen) atoms. The minimum Gasteiger partial charge on any atom is -0.478 e. The van der Waals surface area contributed by atoms with Gasteiger partial charge in [-0.05, 0) is 31.9 Å². The van der Waals surface area contributed by atoms with E-state index >= 15 is 0 Å². The van der Waals surface area contributed by atoms with Gasteiger partial charge in [0.2, 0.25) is 0 Å². The highest BCUT2D eigenvalue weighted by Crippen LogP contribution is 2.24. The van der Waals surface area contributed by atoms with Crippen molar-refractivity contribution >= 4 is 17.7 Å². The summed E-state index contributed by atoms with van der Waals surface area (Å²) in [5, 5.41) is 9.88. The van der Waals surface area contributed by atoms with Gasteiger partial charge in [0.25, 0.3) is 0 Å². The van der Waals surface area contributed by atoms with E-state index in [-0.39, 0.29) is 5.56 Å². The molecule has 1 rings (SSSR count). The second kappa shape index (κ2) is 8.74. The highest BCUT2D eigenvalue weighted by atomic mass is 32.2. The van der Waals surface area contributed by atoms with Gasteiger partial charge in [0.05, 0.1) is 5.69 Å². The summed E-state index contributed by atoms with van der Waals surface area (Å²) < 4.78 is 0. The molecular formula is C15H22N2O2S. The second-order valence-electron chi connectivity index (χ2n) is 4.55. The fourth-order valence-corrected chi connectivity index (χ4v) is 2.94. The number of carboxylic acids is 1. The number of unbranched alkanes of at least 4 members (excludes halogenated alkanes) is 3. The van der Waals surface area contributed by atoms with Gasteiger partial charge in [0, 0.05) is 6.42 Å². The highest BCUT2D eigenvalue weighted by Gasteiger charge is 2.17. The lowest BCUT2D eigenvalue weighted by Gasteiger charge is -2.09. The van der Waals surface area contributed by atoms with Crippen LogP contribution in [0.3, 0.4) is 0 Å². The van der Waals surface area contributed by atoms with Gasteiger partial charge >= 0.3 is 5.97 Å². The fraction of sp³-hybridized carbons (Fsp3) is 0.533. The van der Waals surface area contributed by atoms with E-state index in [9.17, 15) is 9.90 Å². The number of carbonyl (C=O) groups is 1. The number of aromatic nitrogens is 2. The van der Waals surface area contributed by atoms with Crippen molar-refractivity contribution < 1.29 is 9.90 Å². The monoisotopic (exact) mass is 294 g/mol. The predicted molar refractivity (Wildman–Crippen MR) is 82.5 cm³/mol. The smallest absolute Gasteiger partial charge is 0.340 e. The summed E-state index contributed by atoms with van der Waals surface area (Å²) in [4.78, 5) is 19.9. The van der Waals surface area contributed by atoms with Crippen LogP contribution in [0.4, 0.5) is 0 Å². The van der Waals surface area contributed by atoms with Gasteiger partial charge in [-0.25, -0.2) is 14.8 Å². The number of aryl methyl sites for hydroxylation is 2. The molecule has 1 aromatic rings. The lowest BCUT2D eigenvalue weighted by molar-refractivity contribution is 0.0690. The minimum atomic E-state index is -0.945. The quantitative estimate of drug-likeness (QED) is 0.324. The normalized spacial score (nSPS) is 10.5. The Labute approximate surface area is 124 Å². The summed E-state index contributed by atoms with van der Waals surface area (Å²) in [7, 11) is 0. The highest BCUT2D eigenvalue weighted by molar-refractivity contribution is 7.99. The maximum absolute atomic E-state index is 11.3. The van der Waals surface area contributed by atoms with Crippen LogP contribution in [0.25, 0.3) is 0 Å². The fourth-order valence-electron chi connectivity index (χ4n) is 1.85. The Hall–Kier alpha value is -1.36. The van der Waals surface area contributed by atoms with Gasteiger partial charge in [0.15, 0.2) is 0 Å². The molecule has 0 aliphatic heterocycles. The molecule has 0 saturated carbocycles. The molecular weight excluding hydrogens is 272 g/mol. The maximum Gasteiger partial charge on any atom is 0.340 e. The van der Waals surface area contributed by atoms with Crippen LogP contribution < -0.4 is 0 Å². The lowest BCUT2D eigenvalue weighted by Crippen LogP contribution is -2.09. The van der Waals surface area contributed by atoms with E-state index < -0.39 is 5.97 Å². The number of hydrogen-bond acceptors (Lipinski definition) is 4. The summed E-state index contributed by atoms with van der Waals surface area (Å²) >= 11 is 1.52. The van der Waals surface area contributed by atoms with Gasteiger partial charge in [-0.1, -0.05) is 19.4 Å². The molecule has 0 unspecified atom stereocenters. The summed E-state index contributed by atoms with van der Waals surface area (Å²) in [5.74, 6) is 0.651. The molecule has 0 spiro atoms. The molecule has 0 saturated heterocycles. The third-order valence-electron chi connectivity index (χ3n) is 2.92. The zero-order valence-corrected chi connectivity index (χ0v) is 13.0. The van der Waals surface area contributed by atoms with E-state index in [2.05, 4.69) is 16.5 Å². The Morgan fingerprint density at radius 1 is 1.35 bits per heavy atom. The predicted octanol–water partition coefficient (Wildman–Crippen LogP) is 3.88. The van der Waals surface area contributed by atoms with E-state index in [1.165, 1.54) is 11.8 Å². The van der Waals surface area contributed by atoms with Crippen molar-refractivity contribution in [3.05, 3.63) is 29.7 Å². The first-order valence-corrected chi connectivity index (χ1v) is 7.93. The van der Waals surface area contributed by atoms with E-state index in [4.69, 9.17) is 0 Å². The molecule has 5 heteroatoms. The van der Waals surface area contributed by atoms with Crippen LogP contribution in [-0.2, 0) is 6.42 Å². The van der Waals surface area contributed by atoms with Crippen molar-refractivity contribution in [3.8, 4) is 0 Å². The molecule has 0 aromatic carbocycles. The van der Waals surface area contributed by atoms with Crippen molar-refractivity contribution in [3.63, 3.8) is 0 Å². The third-order valence-corrected chi connectivity index (χ3v) is 3.99. The molecule has 0 bridgehead atoms. The SMILES string of the molecule is C=CCCCCCSc1nc(CC)nc(C)c1C(=O)O. The Morgan fingerprint density at radius 3 is 2.70 bits per heavy atom. The Morgan fingerprint density at radius 2 is 2.10 bits per heavy atom. The largest absolute Gasteiger partial charge is 0.478 e. The zero-order valence-electron chi connectivity index (χ0n) is 12.2.